The quantitative estimate of drug-likeness (QED) is 0.766. The number of methoxy groups -OCH3 is 2. The summed E-state index contributed by atoms with van der Waals surface area (Å²) in [6, 6.07) is 0. The van der Waals surface area contributed by atoms with Gasteiger partial charge in [-0.1, -0.05) is 6.92 Å². The Labute approximate surface area is 133 Å². The van der Waals surface area contributed by atoms with E-state index in [0.29, 0.717) is 29.7 Å². The van der Waals surface area contributed by atoms with Gasteiger partial charge in [-0.15, -0.1) is 0 Å². The number of nitrogens with zero attached hydrogens (tertiary/aromatic N) is 3. The zero-order valence-corrected chi connectivity index (χ0v) is 14.0. The van der Waals surface area contributed by atoms with Crippen LogP contribution in [-0.4, -0.2) is 41.2 Å². The molecule has 0 unspecified atom stereocenters. The van der Waals surface area contributed by atoms with Gasteiger partial charge in [0.15, 0.2) is 11.9 Å². The standard InChI is InChI=1S/C15H22N4O4/c1-6-9-7-17-13-11(12(9)16-8-10(22-4)23-5)14(20)19(3)15(21)18(13)2/h7,10H,6,8H2,1-5H3,(H,16,17). The second-order valence-corrected chi connectivity index (χ2v) is 5.20. The first-order chi connectivity index (χ1) is 11.0. The summed E-state index contributed by atoms with van der Waals surface area (Å²) in [7, 11) is 6.15. The zero-order valence-electron chi connectivity index (χ0n) is 14.0. The molecule has 2 aromatic rings. The smallest absolute Gasteiger partial charge is 0.332 e. The van der Waals surface area contributed by atoms with E-state index in [2.05, 4.69) is 10.3 Å². The lowest BCUT2D eigenvalue weighted by molar-refractivity contribution is -0.0913. The van der Waals surface area contributed by atoms with Gasteiger partial charge < -0.3 is 14.8 Å². The number of anilines is 1. The molecule has 23 heavy (non-hydrogen) atoms. The topological polar surface area (TPSA) is 87.4 Å². The van der Waals surface area contributed by atoms with Gasteiger partial charge in [-0.2, -0.15) is 0 Å². The molecule has 0 atom stereocenters. The van der Waals surface area contributed by atoms with Gasteiger partial charge in [0.25, 0.3) is 5.56 Å². The molecule has 0 amide bonds. The van der Waals surface area contributed by atoms with Crippen molar-refractivity contribution in [3.8, 4) is 0 Å². The average Bonchev–Trinajstić information content (AvgIpc) is 2.58. The summed E-state index contributed by atoms with van der Waals surface area (Å²) >= 11 is 0. The van der Waals surface area contributed by atoms with E-state index in [0.717, 1.165) is 10.1 Å². The van der Waals surface area contributed by atoms with Crippen molar-refractivity contribution in [2.75, 3.05) is 26.1 Å². The molecule has 8 heteroatoms. The lowest BCUT2D eigenvalue weighted by Crippen LogP contribution is -2.38. The predicted molar refractivity (Wildman–Crippen MR) is 87.9 cm³/mol. The molecule has 0 spiro atoms. The van der Waals surface area contributed by atoms with Gasteiger partial charge in [0.05, 0.1) is 12.2 Å². The summed E-state index contributed by atoms with van der Waals surface area (Å²) in [6.45, 7) is 2.34. The summed E-state index contributed by atoms with van der Waals surface area (Å²) in [6.07, 6.45) is 1.93. The molecular formula is C15H22N4O4. The fraction of sp³-hybridized carbons (Fsp3) is 0.533. The van der Waals surface area contributed by atoms with Crippen LogP contribution in [0.25, 0.3) is 11.0 Å². The molecule has 2 aromatic heterocycles. The van der Waals surface area contributed by atoms with Crippen molar-refractivity contribution in [3.05, 3.63) is 32.6 Å². The average molecular weight is 322 g/mol. The Bertz CT molecular complexity index is 821. The number of fused-ring (bicyclic) bond motifs is 1. The Hall–Kier alpha value is -2.19. The van der Waals surface area contributed by atoms with Crippen LogP contribution < -0.4 is 16.6 Å². The highest BCUT2D eigenvalue weighted by Gasteiger charge is 2.17. The summed E-state index contributed by atoms with van der Waals surface area (Å²) in [4.78, 5) is 28.9. The number of pyridine rings is 1. The number of aromatic nitrogens is 3. The minimum Gasteiger partial charge on any atom is -0.379 e. The Balaban J connectivity index is 2.70. The van der Waals surface area contributed by atoms with Crippen molar-refractivity contribution in [1.29, 1.82) is 0 Å². The molecule has 2 heterocycles. The monoisotopic (exact) mass is 322 g/mol. The number of hydrogen-bond donors (Lipinski definition) is 1. The summed E-state index contributed by atoms with van der Waals surface area (Å²) in [5, 5.41) is 3.59. The van der Waals surface area contributed by atoms with Crippen LogP contribution in [0.2, 0.25) is 0 Å². The van der Waals surface area contributed by atoms with E-state index in [1.54, 1.807) is 27.5 Å². The second-order valence-electron chi connectivity index (χ2n) is 5.20. The third kappa shape index (κ3) is 2.99. The van der Waals surface area contributed by atoms with E-state index in [9.17, 15) is 9.59 Å². The van der Waals surface area contributed by atoms with E-state index in [1.165, 1.54) is 11.6 Å². The number of ether oxygens (including phenoxy) is 2. The van der Waals surface area contributed by atoms with Crippen molar-refractivity contribution < 1.29 is 9.47 Å². The molecule has 126 valence electrons. The van der Waals surface area contributed by atoms with Crippen molar-refractivity contribution in [1.82, 2.24) is 14.1 Å². The SMILES string of the molecule is CCc1cnc2c(c1NCC(OC)OC)c(=O)n(C)c(=O)n2C. The van der Waals surface area contributed by atoms with Gasteiger partial charge in [-0.3, -0.25) is 13.9 Å². The van der Waals surface area contributed by atoms with Crippen molar-refractivity contribution >= 4 is 16.7 Å². The highest BCUT2D eigenvalue weighted by molar-refractivity contribution is 5.90. The maximum atomic E-state index is 12.6. The summed E-state index contributed by atoms with van der Waals surface area (Å²) in [5.41, 5.74) is 1.12. The van der Waals surface area contributed by atoms with Crippen LogP contribution in [0, 0.1) is 0 Å². The van der Waals surface area contributed by atoms with Gasteiger partial charge in [0.1, 0.15) is 5.39 Å². The zero-order chi connectivity index (χ0) is 17.1. The van der Waals surface area contributed by atoms with Crippen molar-refractivity contribution in [3.63, 3.8) is 0 Å². The van der Waals surface area contributed by atoms with E-state index in [4.69, 9.17) is 9.47 Å². The van der Waals surface area contributed by atoms with Gasteiger partial charge in [-0.25, -0.2) is 9.78 Å². The van der Waals surface area contributed by atoms with Crippen molar-refractivity contribution in [2.45, 2.75) is 19.6 Å². The van der Waals surface area contributed by atoms with Gasteiger partial charge in [0, 0.05) is 34.5 Å². The van der Waals surface area contributed by atoms with E-state index >= 15 is 0 Å². The molecule has 0 aliphatic heterocycles. The van der Waals surface area contributed by atoms with Crippen LogP contribution >= 0.6 is 0 Å². The first-order valence-corrected chi connectivity index (χ1v) is 7.33. The first-order valence-electron chi connectivity index (χ1n) is 7.33. The fourth-order valence-corrected chi connectivity index (χ4v) is 2.49. The predicted octanol–water partition coefficient (Wildman–Crippen LogP) is 0.225. The van der Waals surface area contributed by atoms with Crippen molar-refractivity contribution in [2.24, 2.45) is 14.1 Å². The molecule has 0 fully saturated rings. The number of hydrogen-bond acceptors (Lipinski definition) is 6. The summed E-state index contributed by atoms with van der Waals surface area (Å²) in [5.74, 6) is 0. The lowest BCUT2D eigenvalue weighted by atomic mass is 10.1. The van der Waals surface area contributed by atoms with Gasteiger partial charge in [-0.05, 0) is 12.0 Å². The Morgan fingerprint density at radius 2 is 1.87 bits per heavy atom. The second kappa shape index (κ2) is 6.93. The molecule has 0 bridgehead atoms. The van der Waals surface area contributed by atoms with Crippen LogP contribution in [0.4, 0.5) is 5.69 Å². The number of nitrogens with one attached hydrogen (secondary N) is 1. The molecule has 1 N–H and O–H groups in total. The molecule has 0 radical (unpaired) electrons. The molecule has 0 aromatic carbocycles. The summed E-state index contributed by atoms with van der Waals surface area (Å²) < 4.78 is 12.8. The maximum absolute atomic E-state index is 12.6. The highest BCUT2D eigenvalue weighted by atomic mass is 16.7. The van der Waals surface area contributed by atoms with Gasteiger partial charge >= 0.3 is 5.69 Å². The van der Waals surface area contributed by atoms with E-state index in [-0.39, 0.29) is 5.56 Å². The van der Waals surface area contributed by atoms with Crippen LogP contribution in [0.3, 0.4) is 0 Å². The Morgan fingerprint density at radius 1 is 1.22 bits per heavy atom. The van der Waals surface area contributed by atoms with Crippen LogP contribution in [0.15, 0.2) is 15.8 Å². The van der Waals surface area contributed by atoms with Crippen LogP contribution in [0.5, 0.6) is 0 Å². The molecular weight excluding hydrogens is 300 g/mol. The Morgan fingerprint density at radius 3 is 2.43 bits per heavy atom. The van der Waals surface area contributed by atoms with Crippen LogP contribution in [-0.2, 0) is 30.0 Å². The van der Waals surface area contributed by atoms with E-state index < -0.39 is 12.0 Å². The number of rotatable bonds is 6. The van der Waals surface area contributed by atoms with E-state index in [1.807, 2.05) is 6.92 Å². The highest BCUT2D eigenvalue weighted by Crippen LogP contribution is 2.23. The molecule has 2 rings (SSSR count). The minimum atomic E-state index is -0.445. The molecule has 0 aliphatic carbocycles. The first kappa shape index (κ1) is 17.2. The molecule has 8 nitrogen and oxygen atoms in total. The molecule has 0 saturated carbocycles. The normalized spacial score (nSPS) is 11.4. The molecule has 0 saturated heterocycles. The van der Waals surface area contributed by atoms with Gasteiger partial charge in [0.2, 0.25) is 0 Å². The molecule has 0 aliphatic rings. The maximum Gasteiger partial charge on any atom is 0.332 e. The lowest BCUT2D eigenvalue weighted by Gasteiger charge is -2.18. The number of aryl methyl sites for hydroxylation is 2. The third-order valence-electron chi connectivity index (χ3n) is 3.90. The fourth-order valence-electron chi connectivity index (χ4n) is 2.49. The van der Waals surface area contributed by atoms with Crippen LogP contribution in [0.1, 0.15) is 12.5 Å². The minimum absolute atomic E-state index is 0.351. The third-order valence-corrected chi connectivity index (χ3v) is 3.90. The largest absolute Gasteiger partial charge is 0.379 e. The Kier molecular flexibility index (Phi) is 5.17.